The Morgan fingerprint density at radius 3 is 2.68 bits per heavy atom. The maximum atomic E-state index is 12.3. The van der Waals surface area contributed by atoms with E-state index < -0.39 is 0 Å². The van der Waals surface area contributed by atoms with E-state index in [2.05, 4.69) is 19.8 Å². The number of unbranched alkanes of at least 4 members (excludes halogenated alkanes) is 1. The zero-order valence-corrected chi connectivity index (χ0v) is 15.1. The van der Waals surface area contributed by atoms with Crippen LogP contribution < -0.4 is 5.32 Å². The van der Waals surface area contributed by atoms with Gasteiger partial charge in [-0.25, -0.2) is 9.78 Å². The molecule has 0 spiro atoms. The number of rotatable bonds is 6. The Morgan fingerprint density at radius 1 is 1.12 bits per heavy atom. The number of nitrogens with one attached hydrogen (secondary N) is 1. The lowest BCUT2D eigenvalue weighted by Gasteiger charge is -2.41. The summed E-state index contributed by atoms with van der Waals surface area (Å²) in [7, 11) is 0. The van der Waals surface area contributed by atoms with E-state index in [4.69, 9.17) is 0 Å². The highest BCUT2D eigenvalue weighted by molar-refractivity contribution is 5.74. The number of hydrogen-bond donors (Lipinski definition) is 1. The summed E-state index contributed by atoms with van der Waals surface area (Å²) in [5, 5.41) is 3.09. The van der Waals surface area contributed by atoms with Gasteiger partial charge in [0.1, 0.15) is 0 Å². The number of hydrogen-bond acceptors (Lipinski definition) is 3. The van der Waals surface area contributed by atoms with Gasteiger partial charge < -0.3 is 14.8 Å². The fourth-order valence-electron chi connectivity index (χ4n) is 5.06. The zero-order valence-electron chi connectivity index (χ0n) is 15.1. The number of fused-ring (bicyclic) bond motifs is 2. The van der Waals surface area contributed by atoms with Crippen LogP contribution in [0.3, 0.4) is 0 Å². The Labute approximate surface area is 150 Å². The zero-order chi connectivity index (χ0) is 17.1. The van der Waals surface area contributed by atoms with Crippen molar-refractivity contribution in [3.8, 4) is 0 Å². The highest BCUT2D eigenvalue weighted by Gasteiger charge is 2.42. The van der Waals surface area contributed by atoms with Crippen LogP contribution in [-0.4, -0.2) is 64.1 Å². The fourth-order valence-corrected chi connectivity index (χ4v) is 5.06. The second kappa shape index (κ2) is 7.77. The first kappa shape index (κ1) is 16.9. The molecule has 0 aromatic carbocycles. The summed E-state index contributed by atoms with van der Waals surface area (Å²) in [6.07, 6.45) is 13.5. The Bertz CT molecular complexity index is 552. The first-order valence-corrected chi connectivity index (χ1v) is 10.0. The van der Waals surface area contributed by atoms with Gasteiger partial charge in [0, 0.05) is 57.7 Å². The molecule has 2 bridgehead atoms. The molecule has 6 nitrogen and oxygen atoms in total. The predicted octanol–water partition coefficient (Wildman–Crippen LogP) is 2.18. The number of aryl methyl sites for hydroxylation is 1. The summed E-state index contributed by atoms with van der Waals surface area (Å²) in [6.45, 7) is 5.62. The molecule has 25 heavy (non-hydrogen) atoms. The molecular formula is C19H31N5O. The van der Waals surface area contributed by atoms with Crippen LogP contribution in [0.4, 0.5) is 4.79 Å². The average molecular weight is 345 g/mol. The molecule has 138 valence electrons. The van der Waals surface area contributed by atoms with Crippen LogP contribution in [0.5, 0.6) is 0 Å². The number of nitrogens with zero attached hydrogens (tertiary/aromatic N) is 4. The largest absolute Gasteiger partial charge is 0.338 e. The minimum absolute atomic E-state index is 0.121. The summed E-state index contributed by atoms with van der Waals surface area (Å²) < 4.78 is 2.08. The van der Waals surface area contributed by atoms with Crippen LogP contribution >= 0.6 is 0 Å². The van der Waals surface area contributed by atoms with E-state index in [0.29, 0.717) is 0 Å². The molecule has 6 heteroatoms. The molecule has 2 amide bonds. The van der Waals surface area contributed by atoms with E-state index in [-0.39, 0.29) is 6.03 Å². The number of carbonyl (C=O) groups is 1. The lowest BCUT2D eigenvalue weighted by Crippen LogP contribution is -2.55. The van der Waals surface area contributed by atoms with E-state index in [9.17, 15) is 4.79 Å². The monoisotopic (exact) mass is 345 g/mol. The minimum atomic E-state index is 0.121. The van der Waals surface area contributed by atoms with Gasteiger partial charge >= 0.3 is 6.03 Å². The molecule has 1 aliphatic heterocycles. The summed E-state index contributed by atoms with van der Waals surface area (Å²) in [5.74, 6) is 1.94. The number of aromatic nitrogens is 2. The van der Waals surface area contributed by atoms with Gasteiger partial charge in [0.05, 0.1) is 6.33 Å². The van der Waals surface area contributed by atoms with Crippen molar-refractivity contribution < 1.29 is 4.79 Å². The van der Waals surface area contributed by atoms with E-state index >= 15 is 0 Å². The predicted molar refractivity (Wildman–Crippen MR) is 97.2 cm³/mol. The number of urea groups is 1. The molecule has 1 N–H and O–H groups in total. The number of carbonyl (C=O) groups excluding carboxylic acids is 1. The average Bonchev–Trinajstić information content (AvgIpc) is 3.39. The van der Waals surface area contributed by atoms with Gasteiger partial charge in [-0.2, -0.15) is 0 Å². The SMILES string of the molecule is O=C(NCCCCn1ccnc1)N1CCN([C@H]2C[C@H]3CC[C@H]2C3)CC1. The first-order valence-electron chi connectivity index (χ1n) is 10.0. The van der Waals surface area contributed by atoms with Crippen LogP contribution in [0.2, 0.25) is 0 Å². The Kier molecular flexibility index (Phi) is 5.25. The van der Waals surface area contributed by atoms with E-state index in [1.807, 2.05) is 17.4 Å². The first-order chi connectivity index (χ1) is 12.3. The van der Waals surface area contributed by atoms with Crippen molar-refractivity contribution in [1.82, 2.24) is 24.7 Å². The molecule has 1 aromatic heterocycles. The summed E-state index contributed by atoms with van der Waals surface area (Å²) >= 11 is 0. The van der Waals surface area contributed by atoms with Gasteiger partial charge in [-0.1, -0.05) is 6.42 Å². The molecule has 0 radical (unpaired) electrons. The van der Waals surface area contributed by atoms with Crippen LogP contribution in [0.25, 0.3) is 0 Å². The van der Waals surface area contributed by atoms with Crippen LogP contribution in [0.15, 0.2) is 18.7 Å². The van der Waals surface area contributed by atoms with Crippen molar-refractivity contribution in [2.45, 2.75) is 51.1 Å². The van der Waals surface area contributed by atoms with Gasteiger partial charge in [0.25, 0.3) is 0 Å². The number of amides is 2. The molecule has 4 rings (SSSR count). The van der Waals surface area contributed by atoms with Crippen molar-refractivity contribution in [3.63, 3.8) is 0 Å². The Hall–Kier alpha value is -1.56. The van der Waals surface area contributed by atoms with Crippen molar-refractivity contribution in [3.05, 3.63) is 18.7 Å². The van der Waals surface area contributed by atoms with Crippen molar-refractivity contribution in [2.75, 3.05) is 32.7 Å². The van der Waals surface area contributed by atoms with E-state index in [1.165, 1.54) is 25.7 Å². The normalized spacial score (nSPS) is 29.3. The van der Waals surface area contributed by atoms with Gasteiger partial charge in [-0.05, 0) is 43.9 Å². The van der Waals surface area contributed by atoms with Gasteiger partial charge in [0.2, 0.25) is 0 Å². The molecule has 2 heterocycles. The van der Waals surface area contributed by atoms with Crippen LogP contribution in [0.1, 0.15) is 38.5 Å². The van der Waals surface area contributed by atoms with Crippen molar-refractivity contribution >= 4 is 6.03 Å². The highest BCUT2D eigenvalue weighted by Crippen LogP contribution is 2.46. The lowest BCUT2D eigenvalue weighted by atomic mass is 9.93. The van der Waals surface area contributed by atoms with Crippen LogP contribution in [0, 0.1) is 11.8 Å². The van der Waals surface area contributed by atoms with Crippen molar-refractivity contribution in [2.24, 2.45) is 11.8 Å². The van der Waals surface area contributed by atoms with Crippen molar-refractivity contribution in [1.29, 1.82) is 0 Å². The van der Waals surface area contributed by atoms with E-state index in [0.717, 1.165) is 70.0 Å². The fraction of sp³-hybridized carbons (Fsp3) is 0.789. The molecule has 2 saturated carbocycles. The Balaban J connectivity index is 1.11. The number of imidazole rings is 1. The third-order valence-electron chi connectivity index (χ3n) is 6.45. The summed E-state index contributed by atoms with van der Waals surface area (Å²) in [5.41, 5.74) is 0. The highest BCUT2D eigenvalue weighted by atomic mass is 16.2. The molecular weight excluding hydrogens is 314 g/mol. The number of piperazine rings is 1. The second-order valence-electron chi connectivity index (χ2n) is 8.00. The minimum Gasteiger partial charge on any atom is -0.338 e. The molecule has 2 aliphatic carbocycles. The molecule has 1 saturated heterocycles. The summed E-state index contributed by atoms with van der Waals surface area (Å²) in [4.78, 5) is 21.0. The topological polar surface area (TPSA) is 53.4 Å². The van der Waals surface area contributed by atoms with Gasteiger partial charge in [-0.15, -0.1) is 0 Å². The maximum Gasteiger partial charge on any atom is 0.317 e. The Morgan fingerprint density at radius 2 is 2.00 bits per heavy atom. The summed E-state index contributed by atoms with van der Waals surface area (Å²) in [6, 6.07) is 0.933. The standard InChI is InChI=1S/C19H31N5O/c25-19(21-5-1-2-7-22-8-6-20-15-22)24-11-9-23(10-12-24)18-14-16-3-4-17(18)13-16/h6,8,15-18H,1-5,7,9-14H2,(H,21,25)/t16-,17-,18-/m0/s1. The third-order valence-corrected chi connectivity index (χ3v) is 6.45. The third kappa shape index (κ3) is 4.00. The van der Waals surface area contributed by atoms with E-state index in [1.54, 1.807) is 6.20 Å². The second-order valence-corrected chi connectivity index (χ2v) is 8.00. The quantitative estimate of drug-likeness (QED) is 0.804. The molecule has 3 atom stereocenters. The smallest absolute Gasteiger partial charge is 0.317 e. The maximum absolute atomic E-state index is 12.3. The van der Waals surface area contributed by atoms with Gasteiger partial charge in [-0.3, -0.25) is 4.90 Å². The lowest BCUT2D eigenvalue weighted by molar-refractivity contribution is 0.0827. The molecule has 1 aromatic rings. The molecule has 3 aliphatic rings. The van der Waals surface area contributed by atoms with Gasteiger partial charge in [0.15, 0.2) is 0 Å². The molecule has 3 fully saturated rings. The van der Waals surface area contributed by atoms with Crippen LogP contribution in [-0.2, 0) is 6.54 Å². The molecule has 0 unspecified atom stereocenters.